The molecule has 8 heteroatoms. The SMILES string of the molecule is CCOC(=O)C1=C(C)NC(CN(C)C)=C(C(=O)OCC)C1CCc1ccccc1/C=C/C(=O)OC(C)(C)C. The van der Waals surface area contributed by atoms with Gasteiger partial charge in [0, 0.05) is 29.9 Å². The van der Waals surface area contributed by atoms with Gasteiger partial charge in [-0.3, -0.25) is 0 Å². The maximum absolute atomic E-state index is 13.2. The van der Waals surface area contributed by atoms with Crippen molar-refractivity contribution in [2.75, 3.05) is 33.9 Å². The van der Waals surface area contributed by atoms with Crippen molar-refractivity contribution >= 4 is 24.0 Å². The summed E-state index contributed by atoms with van der Waals surface area (Å²) in [4.78, 5) is 40.5. The molecule has 0 radical (unpaired) electrons. The van der Waals surface area contributed by atoms with Crippen LogP contribution in [0.4, 0.5) is 0 Å². The minimum absolute atomic E-state index is 0.222. The van der Waals surface area contributed by atoms with Crippen molar-refractivity contribution in [1.82, 2.24) is 10.2 Å². The molecule has 0 bridgehead atoms. The highest BCUT2D eigenvalue weighted by molar-refractivity contribution is 5.98. The number of rotatable bonds is 11. The van der Waals surface area contributed by atoms with Crippen LogP contribution in [0.2, 0.25) is 0 Å². The molecule has 1 aliphatic rings. The van der Waals surface area contributed by atoms with E-state index in [1.165, 1.54) is 6.08 Å². The number of hydrogen-bond donors (Lipinski definition) is 1. The number of nitrogens with zero attached hydrogens (tertiary/aromatic N) is 1. The largest absolute Gasteiger partial charge is 0.463 e. The van der Waals surface area contributed by atoms with Crippen LogP contribution in [-0.4, -0.2) is 62.3 Å². The molecule has 0 amide bonds. The zero-order valence-electron chi connectivity index (χ0n) is 24.0. The second-order valence-electron chi connectivity index (χ2n) is 10.4. The summed E-state index contributed by atoms with van der Waals surface area (Å²) >= 11 is 0. The van der Waals surface area contributed by atoms with Crippen LogP contribution in [-0.2, 0) is 35.0 Å². The predicted octanol–water partition coefficient (Wildman–Crippen LogP) is 4.41. The van der Waals surface area contributed by atoms with E-state index in [0.717, 1.165) is 11.1 Å². The Hall–Kier alpha value is -3.39. The molecule has 38 heavy (non-hydrogen) atoms. The average Bonchev–Trinajstić information content (AvgIpc) is 2.80. The summed E-state index contributed by atoms with van der Waals surface area (Å²) in [5.74, 6) is -1.84. The molecule has 1 unspecified atom stereocenters. The van der Waals surface area contributed by atoms with Crippen molar-refractivity contribution in [3.63, 3.8) is 0 Å². The fourth-order valence-electron chi connectivity index (χ4n) is 4.40. The summed E-state index contributed by atoms with van der Waals surface area (Å²) in [6.07, 6.45) is 4.17. The predicted molar refractivity (Wildman–Crippen MR) is 148 cm³/mol. The number of carbonyl (C=O) groups is 3. The van der Waals surface area contributed by atoms with E-state index in [-0.39, 0.29) is 13.2 Å². The average molecular weight is 527 g/mol. The lowest BCUT2D eigenvalue weighted by molar-refractivity contribution is -0.148. The first-order chi connectivity index (χ1) is 17.9. The van der Waals surface area contributed by atoms with Crippen molar-refractivity contribution in [1.29, 1.82) is 0 Å². The van der Waals surface area contributed by atoms with Crippen molar-refractivity contribution in [3.8, 4) is 0 Å². The van der Waals surface area contributed by atoms with Crippen LogP contribution in [0.15, 0.2) is 52.9 Å². The van der Waals surface area contributed by atoms with Gasteiger partial charge < -0.3 is 24.4 Å². The number of hydrogen-bond acceptors (Lipinski definition) is 8. The van der Waals surface area contributed by atoms with Crippen LogP contribution in [0.1, 0.15) is 59.1 Å². The fourth-order valence-corrected chi connectivity index (χ4v) is 4.40. The van der Waals surface area contributed by atoms with Gasteiger partial charge in [0.25, 0.3) is 0 Å². The first kappa shape index (κ1) is 30.8. The van der Waals surface area contributed by atoms with Crippen LogP contribution < -0.4 is 5.32 Å². The van der Waals surface area contributed by atoms with E-state index in [1.54, 1.807) is 19.9 Å². The summed E-state index contributed by atoms with van der Waals surface area (Å²) < 4.78 is 16.2. The summed E-state index contributed by atoms with van der Waals surface area (Å²) in [6, 6.07) is 7.72. The highest BCUT2D eigenvalue weighted by atomic mass is 16.6. The second-order valence-corrected chi connectivity index (χ2v) is 10.4. The molecule has 0 aliphatic carbocycles. The van der Waals surface area contributed by atoms with Gasteiger partial charge in [0.2, 0.25) is 0 Å². The quantitative estimate of drug-likeness (QED) is 0.257. The monoisotopic (exact) mass is 526 g/mol. The van der Waals surface area contributed by atoms with Gasteiger partial charge in [0.1, 0.15) is 5.60 Å². The fraction of sp³-hybridized carbons (Fsp3) is 0.500. The van der Waals surface area contributed by atoms with E-state index in [4.69, 9.17) is 14.2 Å². The summed E-state index contributed by atoms with van der Waals surface area (Å²) in [5, 5.41) is 3.27. The Labute approximate surface area is 226 Å². The third-order valence-corrected chi connectivity index (χ3v) is 5.79. The lowest BCUT2D eigenvalue weighted by atomic mass is 9.80. The lowest BCUT2D eigenvalue weighted by Gasteiger charge is -2.32. The molecule has 1 heterocycles. The van der Waals surface area contributed by atoms with Gasteiger partial charge in [0.15, 0.2) is 0 Å². The van der Waals surface area contributed by atoms with Crippen molar-refractivity contribution in [3.05, 3.63) is 64.0 Å². The number of aryl methyl sites for hydroxylation is 1. The third kappa shape index (κ3) is 8.87. The molecule has 8 nitrogen and oxygen atoms in total. The summed E-state index contributed by atoms with van der Waals surface area (Å²) in [5.41, 5.74) is 3.50. The Balaban J connectivity index is 2.47. The Bertz CT molecular complexity index is 1110. The van der Waals surface area contributed by atoms with Crippen molar-refractivity contribution in [2.24, 2.45) is 5.92 Å². The van der Waals surface area contributed by atoms with E-state index in [1.807, 2.05) is 71.0 Å². The number of carbonyl (C=O) groups excluding carboxylic acids is 3. The van der Waals surface area contributed by atoms with E-state index in [0.29, 0.717) is 41.9 Å². The van der Waals surface area contributed by atoms with E-state index in [9.17, 15) is 14.4 Å². The van der Waals surface area contributed by atoms with Crippen LogP contribution in [0, 0.1) is 5.92 Å². The maximum atomic E-state index is 13.2. The second kappa shape index (κ2) is 14.0. The minimum Gasteiger partial charge on any atom is -0.463 e. The van der Waals surface area contributed by atoms with Gasteiger partial charge >= 0.3 is 17.9 Å². The van der Waals surface area contributed by atoms with Crippen LogP contribution in [0.5, 0.6) is 0 Å². The first-order valence-electron chi connectivity index (χ1n) is 13.1. The molecule has 0 spiro atoms. The first-order valence-corrected chi connectivity index (χ1v) is 13.1. The molecule has 0 aromatic heterocycles. The van der Waals surface area contributed by atoms with Gasteiger partial charge in [-0.25, -0.2) is 14.4 Å². The van der Waals surface area contributed by atoms with E-state index < -0.39 is 29.4 Å². The van der Waals surface area contributed by atoms with Gasteiger partial charge in [-0.15, -0.1) is 0 Å². The Morgan fingerprint density at radius 3 is 2.18 bits per heavy atom. The molecule has 1 atom stereocenters. The van der Waals surface area contributed by atoms with Crippen LogP contribution in [0.3, 0.4) is 0 Å². The van der Waals surface area contributed by atoms with Crippen LogP contribution in [0.25, 0.3) is 6.08 Å². The Kier molecular flexibility index (Phi) is 11.3. The van der Waals surface area contributed by atoms with Crippen molar-refractivity contribution in [2.45, 2.75) is 60.0 Å². The minimum atomic E-state index is -0.580. The molecular weight excluding hydrogens is 484 g/mol. The molecule has 2 rings (SSSR count). The van der Waals surface area contributed by atoms with E-state index in [2.05, 4.69) is 5.32 Å². The molecule has 0 saturated heterocycles. The molecule has 0 saturated carbocycles. The smallest absolute Gasteiger partial charge is 0.336 e. The number of dihydropyridines is 1. The van der Waals surface area contributed by atoms with E-state index >= 15 is 0 Å². The zero-order valence-corrected chi connectivity index (χ0v) is 24.0. The number of likely N-dealkylation sites (N-methyl/N-ethyl adjacent to an activating group) is 1. The molecule has 208 valence electrons. The highest BCUT2D eigenvalue weighted by Crippen LogP contribution is 2.35. The van der Waals surface area contributed by atoms with Gasteiger partial charge in [-0.1, -0.05) is 24.3 Å². The lowest BCUT2D eigenvalue weighted by Crippen LogP contribution is -2.37. The van der Waals surface area contributed by atoms with Crippen LogP contribution >= 0.6 is 0 Å². The number of nitrogens with one attached hydrogen (secondary N) is 1. The zero-order chi connectivity index (χ0) is 28.5. The Morgan fingerprint density at radius 1 is 1.00 bits per heavy atom. The molecule has 1 aromatic rings. The number of esters is 3. The maximum Gasteiger partial charge on any atom is 0.336 e. The molecule has 1 aliphatic heterocycles. The standard InChI is InChI=1S/C30H42N2O6/c1-9-36-28(34)26-20(3)31-24(19-32(7)8)27(29(35)37-10-2)23(26)17-15-21-13-11-12-14-22(21)16-18-25(33)38-30(4,5)6/h11-14,16,18,23,31H,9-10,15,17,19H2,1-8H3/b18-16+. The molecule has 1 N–H and O–H groups in total. The van der Waals surface area contributed by atoms with Gasteiger partial charge in [0.05, 0.1) is 24.4 Å². The number of allylic oxidation sites excluding steroid dienone is 1. The molecule has 0 fully saturated rings. The third-order valence-electron chi connectivity index (χ3n) is 5.79. The summed E-state index contributed by atoms with van der Waals surface area (Å²) in [7, 11) is 3.83. The number of benzene rings is 1. The molecule has 1 aromatic carbocycles. The van der Waals surface area contributed by atoms with Gasteiger partial charge in [-0.05, 0) is 85.7 Å². The van der Waals surface area contributed by atoms with Gasteiger partial charge in [-0.2, -0.15) is 0 Å². The summed E-state index contributed by atoms with van der Waals surface area (Å²) in [6.45, 7) is 11.7. The molecular formula is C30H42N2O6. The van der Waals surface area contributed by atoms with Crippen molar-refractivity contribution < 1.29 is 28.6 Å². The number of ether oxygens (including phenoxy) is 3. The topological polar surface area (TPSA) is 94.2 Å². The highest BCUT2D eigenvalue weighted by Gasteiger charge is 2.37. The Morgan fingerprint density at radius 2 is 1.61 bits per heavy atom. The normalized spacial score (nSPS) is 16.1.